The summed E-state index contributed by atoms with van der Waals surface area (Å²) in [7, 11) is 1.54. The van der Waals surface area contributed by atoms with Crippen molar-refractivity contribution in [2.24, 2.45) is 0 Å². The molecule has 0 atom stereocenters. The van der Waals surface area contributed by atoms with Gasteiger partial charge in [-0.1, -0.05) is 33.6 Å². The molecule has 1 heterocycles. The number of rotatable bonds is 10. The Morgan fingerprint density at radius 2 is 2.09 bits per heavy atom. The number of nitrogens with one attached hydrogen (secondary N) is 2. The van der Waals surface area contributed by atoms with E-state index in [9.17, 15) is 9.18 Å². The van der Waals surface area contributed by atoms with Crippen LogP contribution in [-0.4, -0.2) is 36.4 Å². The number of nitrogen functional groups attached to an aromatic ring is 1. The van der Waals surface area contributed by atoms with E-state index in [1.165, 1.54) is 19.2 Å². The summed E-state index contributed by atoms with van der Waals surface area (Å²) in [4.78, 5) is 12.0. The number of carbonyl (C=O) groups is 1. The molecule has 0 aliphatic rings. The molecular weight excluding hydrogens is 509 g/mol. The first kappa shape index (κ1) is 23.8. The van der Waals surface area contributed by atoms with Gasteiger partial charge in [0, 0.05) is 35.2 Å². The zero-order valence-corrected chi connectivity index (χ0v) is 19.3. The largest absolute Gasteiger partial charge is 0.493 e. The fourth-order valence-corrected chi connectivity index (χ4v) is 3.44. The monoisotopic (exact) mass is 527 g/mol. The molecule has 2 aromatic carbocycles. The minimum atomic E-state index is -0.478. The van der Waals surface area contributed by atoms with Crippen LogP contribution in [0.2, 0.25) is 5.02 Å². The number of carbonyl (C=O) groups excluding carboxylic acids is 1. The van der Waals surface area contributed by atoms with Crippen molar-refractivity contribution in [2.45, 2.75) is 13.2 Å². The van der Waals surface area contributed by atoms with E-state index in [1.54, 1.807) is 12.1 Å². The Morgan fingerprint density at radius 3 is 2.78 bits per heavy atom. The van der Waals surface area contributed by atoms with Crippen LogP contribution in [-0.2, 0) is 13.2 Å². The molecule has 0 aliphatic heterocycles. The Labute approximate surface area is 196 Å². The molecule has 32 heavy (non-hydrogen) atoms. The molecule has 1 aromatic heterocycles. The minimum absolute atomic E-state index is 0.0596. The Kier molecular flexibility index (Phi) is 8.26. The lowest BCUT2D eigenvalue weighted by Gasteiger charge is -2.17. The van der Waals surface area contributed by atoms with Crippen LogP contribution in [0, 0.1) is 5.82 Å². The van der Waals surface area contributed by atoms with Crippen molar-refractivity contribution < 1.29 is 23.3 Å². The van der Waals surface area contributed by atoms with Crippen LogP contribution < -0.4 is 25.8 Å². The molecule has 4 N–H and O–H groups in total. The van der Waals surface area contributed by atoms with Gasteiger partial charge in [0.25, 0.3) is 5.91 Å². The number of nitrogens with zero attached hydrogens (tertiary/aromatic N) is 2. The van der Waals surface area contributed by atoms with Gasteiger partial charge in [-0.15, -0.1) is 0 Å². The van der Waals surface area contributed by atoms with Crippen LogP contribution in [0.4, 0.5) is 10.2 Å². The van der Waals surface area contributed by atoms with Gasteiger partial charge in [0.1, 0.15) is 12.4 Å². The fraction of sp³-hybridized carbons (Fsp3) is 0.250. The number of nitrogens with two attached hydrogens (primary N) is 1. The van der Waals surface area contributed by atoms with E-state index < -0.39 is 11.7 Å². The van der Waals surface area contributed by atoms with Gasteiger partial charge in [0.2, 0.25) is 11.5 Å². The molecule has 3 rings (SSSR count). The van der Waals surface area contributed by atoms with Gasteiger partial charge >= 0.3 is 0 Å². The van der Waals surface area contributed by atoms with E-state index in [4.69, 9.17) is 26.8 Å². The fourth-order valence-electron chi connectivity index (χ4n) is 2.77. The number of hydrogen-bond acceptors (Lipinski definition) is 8. The predicted molar refractivity (Wildman–Crippen MR) is 119 cm³/mol. The number of aromatic nitrogens is 2. The van der Waals surface area contributed by atoms with Crippen LogP contribution in [0.3, 0.4) is 0 Å². The van der Waals surface area contributed by atoms with Gasteiger partial charge in [-0.25, -0.2) is 9.02 Å². The topological polar surface area (TPSA) is 125 Å². The molecule has 0 bridgehead atoms. The average Bonchev–Trinajstić information content (AvgIpc) is 3.20. The second-order valence-corrected chi connectivity index (χ2v) is 7.77. The van der Waals surface area contributed by atoms with E-state index >= 15 is 0 Å². The summed E-state index contributed by atoms with van der Waals surface area (Å²) in [5.74, 6) is 0.0798. The zero-order chi connectivity index (χ0) is 23.1. The van der Waals surface area contributed by atoms with Crippen molar-refractivity contribution in [1.29, 1.82) is 0 Å². The van der Waals surface area contributed by atoms with E-state index in [-0.39, 0.29) is 23.1 Å². The zero-order valence-electron chi connectivity index (χ0n) is 17.0. The summed E-state index contributed by atoms with van der Waals surface area (Å²) >= 11 is 9.63. The predicted octanol–water partition coefficient (Wildman–Crippen LogP) is 3.31. The van der Waals surface area contributed by atoms with E-state index in [2.05, 4.69) is 41.5 Å². The van der Waals surface area contributed by atoms with Crippen molar-refractivity contribution in [3.8, 4) is 11.5 Å². The normalized spacial score (nSPS) is 10.8. The summed E-state index contributed by atoms with van der Waals surface area (Å²) in [6, 6.07) is 7.74. The van der Waals surface area contributed by atoms with Crippen LogP contribution >= 0.6 is 27.5 Å². The Bertz CT molecular complexity index is 1100. The molecule has 0 saturated heterocycles. The Morgan fingerprint density at radius 1 is 1.28 bits per heavy atom. The van der Waals surface area contributed by atoms with Crippen LogP contribution in [0.1, 0.15) is 21.6 Å². The van der Waals surface area contributed by atoms with Gasteiger partial charge in [-0.05, 0) is 34.6 Å². The van der Waals surface area contributed by atoms with Crippen LogP contribution in [0.5, 0.6) is 11.5 Å². The summed E-state index contributed by atoms with van der Waals surface area (Å²) < 4.78 is 29.9. The van der Waals surface area contributed by atoms with Crippen molar-refractivity contribution in [1.82, 2.24) is 20.9 Å². The highest BCUT2D eigenvalue weighted by Crippen LogP contribution is 2.37. The molecule has 0 unspecified atom stereocenters. The highest BCUT2D eigenvalue weighted by Gasteiger charge is 2.17. The van der Waals surface area contributed by atoms with Gasteiger partial charge in [-0.3, -0.25) is 4.79 Å². The van der Waals surface area contributed by atoms with Gasteiger partial charge in [0.15, 0.2) is 11.5 Å². The maximum Gasteiger partial charge on any atom is 0.277 e. The summed E-state index contributed by atoms with van der Waals surface area (Å²) in [6.45, 7) is 1.30. The second kappa shape index (κ2) is 11.1. The van der Waals surface area contributed by atoms with Crippen molar-refractivity contribution in [3.63, 3.8) is 0 Å². The van der Waals surface area contributed by atoms with Gasteiger partial charge in [-0.2, -0.15) is 0 Å². The average molecular weight is 529 g/mol. The minimum Gasteiger partial charge on any atom is -0.493 e. The molecule has 12 heteroatoms. The second-order valence-electron chi connectivity index (χ2n) is 6.51. The lowest BCUT2D eigenvalue weighted by molar-refractivity contribution is 0.0944. The summed E-state index contributed by atoms with van der Waals surface area (Å²) in [5.41, 5.74) is 6.88. The van der Waals surface area contributed by atoms with Gasteiger partial charge < -0.3 is 25.8 Å². The smallest absolute Gasteiger partial charge is 0.277 e. The van der Waals surface area contributed by atoms with E-state index in [1.807, 2.05) is 6.07 Å². The van der Waals surface area contributed by atoms with E-state index in [0.29, 0.717) is 36.7 Å². The van der Waals surface area contributed by atoms with Crippen molar-refractivity contribution in [3.05, 3.63) is 62.5 Å². The molecule has 9 nitrogen and oxygen atoms in total. The molecule has 0 fully saturated rings. The molecule has 1 amide bonds. The SMILES string of the molecule is COc1ccc(Br)c(CNCCNC(=O)c2nonc2N)c1OCc1ccc(F)cc1Cl. The van der Waals surface area contributed by atoms with Crippen molar-refractivity contribution in [2.75, 3.05) is 25.9 Å². The number of halogens is 3. The molecule has 170 valence electrons. The molecule has 0 aliphatic carbocycles. The molecule has 0 saturated carbocycles. The third-order valence-corrected chi connectivity index (χ3v) is 5.49. The highest BCUT2D eigenvalue weighted by atomic mass is 79.9. The van der Waals surface area contributed by atoms with Gasteiger partial charge in [0.05, 0.1) is 12.1 Å². The number of amides is 1. The third-order valence-electron chi connectivity index (χ3n) is 4.39. The lowest BCUT2D eigenvalue weighted by atomic mass is 10.1. The van der Waals surface area contributed by atoms with Crippen molar-refractivity contribution >= 4 is 39.3 Å². The highest BCUT2D eigenvalue weighted by molar-refractivity contribution is 9.10. The van der Waals surface area contributed by atoms with Crippen LogP contribution in [0.25, 0.3) is 0 Å². The number of anilines is 1. The first-order valence-corrected chi connectivity index (χ1v) is 10.6. The first-order valence-electron chi connectivity index (χ1n) is 9.39. The lowest BCUT2D eigenvalue weighted by Crippen LogP contribution is -2.32. The first-order chi connectivity index (χ1) is 15.4. The molecule has 0 spiro atoms. The number of benzene rings is 2. The summed E-state index contributed by atoms with van der Waals surface area (Å²) in [5, 5.41) is 13.0. The number of hydrogen-bond donors (Lipinski definition) is 3. The summed E-state index contributed by atoms with van der Waals surface area (Å²) in [6.07, 6.45) is 0. The Hall–Kier alpha value is -2.89. The maximum atomic E-state index is 13.3. The molecule has 3 aromatic rings. The quantitative estimate of drug-likeness (QED) is 0.342. The van der Waals surface area contributed by atoms with Crippen LogP contribution in [0.15, 0.2) is 39.4 Å². The maximum absolute atomic E-state index is 13.3. The van der Waals surface area contributed by atoms with E-state index in [0.717, 1.165) is 10.0 Å². The standard InChI is InChI=1S/C20H20BrClFN5O4/c1-30-16-5-4-14(21)13(18(16)31-10-11-2-3-12(23)8-15(11)22)9-25-6-7-26-20(29)17-19(24)28-32-27-17/h2-5,8,25H,6-7,9-10H2,1H3,(H2,24,28)(H,26,29). The number of methoxy groups -OCH3 is 1. The number of ether oxygens (including phenoxy) is 2. The third kappa shape index (κ3) is 5.87. The Balaban J connectivity index is 1.61. The molecule has 0 radical (unpaired) electrons. The molecular formula is C20H20BrClFN5O4.